The minimum absolute atomic E-state index is 0.0215. The normalized spacial score (nSPS) is 12.5. The van der Waals surface area contributed by atoms with E-state index in [0.717, 1.165) is 18.4 Å². The number of nitrogens with zero attached hydrogens (tertiary/aromatic N) is 1. The number of hydrogen-bond acceptors (Lipinski definition) is 2. The first-order valence-electron chi connectivity index (χ1n) is 8.95. The molecule has 0 bridgehead atoms. The fourth-order valence-electron chi connectivity index (χ4n) is 2.77. The Kier molecular flexibility index (Phi) is 6.63. The molecular weight excluding hydrogens is 310 g/mol. The van der Waals surface area contributed by atoms with Gasteiger partial charge in [-0.15, -0.1) is 0 Å². The maximum Gasteiger partial charge on any atom is 0.410 e. The van der Waals surface area contributed by atoms with Gasteiger partial charge in [0.15, 0.2) is 0 Å². The van der Waals surface area contributed by atoms with Gasteiger partial charge in [-0.05, 0) is 51.7 Å². The molecule has 3 nitrogen and oxygen atoms in total. The van der Waals surface area contributed by atoms with Crippen molar-refractivity contribution in [3.05, 3.63) is 71.8 Å². The number of hydrogen-bond donors (Lipinski definition) is 0. The molecule has 0 unspecified atom stereocenters. The van der Waals surface area contributed by atoms with Gasteiger partial charge in [0.25, 0.3) is 0 Å². The van der Waals surface area contributed by atoms with Crippen molar-refractivity contribution >= 4 is 6.09 Å². The van der Waals surface area contributed by atoms with Crippen LogP contribution in [0.4, 0.5) is 4.79 Å². The third kappa shape index (κ3) is 6.26. The van der Waals surface area contributed by atoms with E-state index in [4.69, 9.17) is 4.74 Å². The smallest absolute Gasteiger partial charge is 0.410 e. The van der Waals surface area contributed by atoms with Crippen LogP contribution in [0, 0.1) is 0 Å². The van der Waals surface area contributed by atoms with Gasteiger partial charge in [-0.1, -0.05) is 60.7 Å². The molecule has 134 valence electrons. The summed E-state index contributed by atoms with van der Waals surface area (Å²) in [6.45, 7) is 8.43. The Morgan fingerprint density at radius 3 is 2.12 bits per heavy atom. The van der Waals surface area contributed by atoms with Gasteiger partial charge in [0.05, 0.1) is 6.04 Å². The fraction of sp³-hybridized carbons (Fsp3) is 0.409. The summed E-state index contributed by atoms with van der Waals surface area (Å²) in [6, 6.07) is 20.5. The Hall–Kier alpha value is -2.29. The van der Waals surface area contributed by atoms with Crippen molar-refractivity contribution < 1.29 is 9.53 Å². The zero-order valence-electron chi connectivity index (χ0n) is 15.7. The lowest BCUT2D eigenvalue weighted by Crippen LogP contribution is -2.39. The molecule has 2 rings (SSSR count). The Morgan fingerprint density at radius 2 is 1.56 bits per heavy atom. The summed E-state index contributed by atoms with van der Waals surface area (Å²) in [4.78, 5) is 14.6. The zero-order chi connectivity index (χ0) is 18.3. The molecule has 0 radical (unpaired) electrons. The number of benzene rings is 2. The second-order valence-electron chi connectivity index (χ2n) is 7.35. The van der Waals surface area contributed by atoms with Crippen molar-refractivity contribution in [1.29, 1.82) is 0 Å². The summed E-state index contributed by atoms with van der Waals surface area (Å²) in [6.07, 6.45) is 1.60. The van der Waals surface area contributed by atoms with Gasteiger partial charge in [-0.2, -0.15) is 0 Å². The Morgan fingerprint density at radius 1 is 1.00 bits per heavy atom. The second kappa shape index (κ2) is 8.70. The average Bonchev–Trinajstić information content (AvgIpc) is 2.58. The van der Waals surface area contributed by atoms with Crippen LogP contribution in [0.3, 0.4) is 0 Å². The third-order valence-electron chi connectivity index (χ3n) is 4.08. The topological polar surface area (TPSA) is 29.5 Å². The van der Waals surface area contributed by atoms with E-state index < -0.39 is 5.60 Å². The molecule has 1 atom stereocenters. The number of carbonyl (C=O) groups excluding carboxylic acids is 1. The predicted octanol–water partition coefficient (Wildman–Crippen LogP) is 5.62. The SMILES string of the molecule is C[C@H](c1ccccc1)N(CCCc1ccccc1)C(=O)OC(C)(C)C. The third-order valence-corrected chi connectivity index (χ3v) is 4.08. The molecule has 0 aromatic heterocycles. The lowest BCUT2D eigenvalue weighted by Gasteiger charge is -2.32. The van der Waals surface area contributed by atoms with Crippen molar-refractivity contribution in [2.45, 2.75) is 52.2 Å². The van der Waals surface area contributed by atoms with Crippen LogP contribution in [0.25, 0.3) is 0 Å². The molecule has 0 heterocycles. The number of amides is 1. The quantitative estimate of drug-likeness (QED) is 0.684. The van der Waals surface area contributed by atoms with E-state index in [2.05, 4.69) is 31.2 Å². The molecule has 0 spiro atoms. The summed E-state index contributed by atoms with van der Waals surface area (Å²) >= 11 is 0. The lowest BCUT2D eigenvalue weighted by atomic mass is 10.1. The van der Waals surface area contributed by atoms with Crippen molar-refractivity contribution in [2.24, 2.45) is 0 Å². The highest BCUT2D eigenvalue weighted by atomic mass is 16.6. The van der Waals surface area contributed by atoms with Crippen LogP contribution >= 0.6 is 0 Å². The number of rotatable bonds is 6. The Bertz CT molecular complexity index is 647. The summed E-state index contributed by atoms with van der Waals surface area (Å²) in [7, 11) is 0. The van der Waals surface area contributed by atoms with E-state index in [9.17, 15) is 4.79 Å². The molecule has 25 heavy (non-hydrogen) atoms. The molecule has 3 heteroatoms. The largest absolute Gasteiger partial charge is 0.444 e. The standard InChI is InChI=1S/C22H29NO2/c1-18(20-15-9-6-10-16-20)23(21(24)25-22(2,3)4)17-11-14-19-12-7-5-8-13-19/h5-10,12-13,15-16,18H,11,14,17H2,1-4H3/t18-/m1/s1. The maximum absolute atomic E-state index is 12.7. The van der Waals surface area contributed by atoms with Crippen LogP contribution in [-0.2, 0) is 11.2 Å². The zero-order valence-corrected chi connectivity index (χ0v) is 15.7. The minimum atomic E-state index is -0.495. The molecule has 2 aromatic carbocycles. The highest BCUT2D eigenvalue weighted by Crippen LogP contribution is 2.23. The molecule has 0 aliphatic carbocycles. The minimum Gasteiger partial charge on any atom is -0.444 e. The molecule has 0 saturated carbocycles. The predicted molar refractivity (Wildman–Crippen MR) is 103 cm³/mol. The van der Waals surface area contributed by atoms with Gasteiger partial charge in [0, 0.05) is 6.54 Å². The van der Waals surface area contributed by atoms with Gasteiger partial charge in [-0.3, -0.25) is 0 Å². The van der Waals surface area contributed by atoms with E-state index in [0.29, 0.717) is 6.54 Å². The van der Waals surface area contributed by atoms with Crippen molar-refractivity contribution in [1.82, 2.24) is 4.90 Å². The van der Waals surface area contributed by atoms with Crippen molar-refractivity contribution in [3.8, 4) is 0 Å². The van der Waals surface area contributed by atoms with Crippen LogP contribution in [0.15, 0.2) is 60.7 Å². The molecule has 0 saturated heterocycles. The molecular formula is C22H29NO2. The monoisotopic (exact) mass is 339 g/mol. The second-order valence-corrected chi connectivity index (χ2v) is 7.35. The van der Waals surface area contributed by atoms with E-state index >= 15 is 0 Å². The van der Waals surface area contributed by atoms with Crippen LogP contribution < -0.4 is 0 Å². The van der Waals surface area contributed by atoms with E-state index in [1.165, 1.54) is 5.56 Å². The van der Waals surface area contributed by atoms with Crippen molar-refractivity contribution in [3.63, 3.8) is 0 Å². The fourth-order valence-corrected chi connectivity index (χ4v) is 2.77. The van der Waals surface area contributed by atoms with Gasteiger partial charge in [0.2, 0.25) is 0 Å². The molecule has 0 aliphatic heterocycles. The molecule has 0 fully saturated rings. The molecule has 0 N–H and O–H groups in total. The van der Waals surface area contributed by atoms with Gasteiger partial charge in [0.1, 0.15) is 5.60 Å². The maximum atomic E-state index is 12.7. The first-order chi connectivity index (χ1) is 11.9. The van der Waals surface area contributed by atoms with Gasteiger partial charge in [-0.25, -0.2) is 4.79 Å². The van der Waals surface area contributed by atoms with Crippen molar-refractivity contribution in [2.75, 3.05) is 6.54 Å². The molecule has 1 amide bonds. The van der Waals surface area contributed by atoms with Gasteiger partial charge >= 0.3 is 6.09 Å². The highest BCUT2D eigenvalue weighted by molar-refractivity contribution is 5.68. The summed E-state index contributed by atoms with van der Waals surface area (Å²) in [5, 5.41) is 0. The number of ether oxygens (including phenoxy) is 1. The van der Waals surface area contributed by atoms with E-state index in [1.807, 2.05) is 62.1 Å². The van der Waals surface area contributed by atoms with Crippen LogP contribution in [0.1, 0.15) is 51.3 Å². The Labute approximate surface area is 151 Å². The van der Waals surface area contributed by atoms with Gasteiger partial charge < -0.3 is 9.64 Å². The number of aryl methyl sites for hydroxylation is 1. The lowest BCUT2D eigenvalue weighted by molar-refractivity contribution is 0.0171. The summed E-state index contributed by atoms with van der Waals surface area (Å²) < 4.78 is 5.63. The average molecular weight is 339 g/mol. The first kappa shape index (κ1) is 19.0. The number of carbonyl (C=O) groups is 1. The first-order valence-corrected chi connectivity index (χ1v) is 8.95. The highest BCUT2D eigenvalue weighted by Gasteiger charge is 2.26. The van der Waals surface area contributed by atoms with E-state index in [-0.39, 0.29) is 12.1 Å². The van der Waals surface area contributed by atoms with Crippen LogP contribution in [0.5, 0.6) is 0 Å². The van der Waals surface area contributed by atoms with Crippen LogP contribution in [0.2, 0.25) is 0 Å². The van der Waals surface area contributed by atoms with Crippen LogP contribution in [-0.4, -0.2) is 23.1 Å². The Balaban J connectivity index is 2.07. The molecule has 2 aromatic rings. The molecule has 0 aliphatic rings. The summed E-state index contributed by atoms with van der Waals surface area (Å²) in [5.74, 6) is 0. The summed E-state index contributed by atoms with van der Waals surface area (Å²) in [5.41, 5.74) is 1.91. The van der Waals surface area contributed by atoms with E-state index in [1.54, 1.807) is 0 Å².